The van der Waals surface area contributed by atoms with Crippen LogP contribution in [-0.4, -0.2) is 16.8 Å². The number of nitrogens with one attached hydrogen (secondary N) is 1. The first-order valence-corrected chi connectivity index (χ1v) is 5.39. The molecule has 0 saturated carbocycles. The van der Waals surface area contributed by atoms with Crippen molar-refractivity contribution >= 4 is 11.6 Å². The van der Waals surface area contributed by atoms with Crippen LogP contribution in [0.3, 0.4) is 0 Å². The molecule has 0 bridgehead atoms. The summed E-state index contributed by atoms with van der Waals surface area (Å²) in [6, 6.07) is 0.632. The minimum absolute atomic E-state index is 0.285. The summed E-state index contributed by atoms with van der Waals surface area (Å²) in [6.07, 6.45) is 2.73. The topological polar surface area (TPSA) is 29.9 Å². The highest BCUT2D eigenvalue weighted by atomic mass is 35.5. The number of aromatic nitrogens is 2. The summed E-state index contributed by atoms with van der Waals surface area (Å²) in [5.41, 5.74) is 1.09. The van der Waals surface area contributed by atoms with Gasteiger partial charge in [-0.3, -0.25) is 4.68 Å². The van der Waals surface area contributed by atoms with Gasteiger partial charge in [-0.15, -0.1) is 0 Å². The van der Waals surface area contributed by atoms with E-state index in [1.54, 1.807) is 6.20 Å². The molecule has 1 aromatic heterocycles. The van der Waals surface area contributed by atoms with Crippen LogP contribution in [0.2, 0.25) is 5.02 Å². The van der Waals surface area contributed by atoms with Gasteiger partial charge in [0.05, 0.1) is 23.0 Å². The van der Waals surface area contributed by atoms with Gasteiger partial charge in [-0.25, -0.2) is 0 Å². The Morgan fingerprint density at radius 2 is 2.21 bits per heavy atom. The number of nitrogens with zero attached hydrogens (tertiary/aromatic N) is 2. The Hall–Kier alpha value is -0.540. The second-order valence-electron chi connectivity index (χ2n) is 3.67. The van der Waals surface area contributed by atoms with Gasteiger partial charge in [0.25, 0.3) is 0 Å². The highest BCUT2D eigenvalue weighted by molar-refractivity contribution is 6.31. The van der Waals surface area contributed by atoms with E-state index in [0.717, 1.165) is 17.1 Å². The van der Waals surface area contributed by atoms with Crippen molar-refractivity contribution in [2.45, 2.75) is 39.3 Å². The predicted octanol–water partition coefficient (Wildman–Crippen LogP) is 2.79. The van der Waals surface area contributed by atoms with Crippen molar-refractivity contribution in [3.8, 4) is 0 Å². The van der Waals surface area contributed by atoms with E-state index >= 15 is 0 Å². The van der Waals surface area contributed by atoms with Crippen LogP contribution in [0.5, 0.6) is 0 Å². The fourth-order valence-corrected chi connectivity index (χ4v) is 1.88. The van der Waals surface area contributed by atoms with E-state index in [4.69, 9.17) is 11.6 Å². The first kappa shape index (κ1) is 11.5. The normalized spacial score (nSPS) is 13.6. The van der Waals surface area contributed by atoms with Crippen molar-refractivity contribution in [2.75, 3.05) is 7.05 Å². The molecule has 3 nitrogen and oxygen atoms in total. The summed E-state index contributed by atoms with van der Waals surface area (Å²) in [4.78, 5) is 0. The second kappa shape index (κ2) is 4.80. The maximum absolute atomic E-state index is 6.12. The maximum atomic E-state index is 6.12. The molecule has 1 heterocycles. The molecule has 1 atom stereocenters. The first-order valence-electron chi connectivity index (χ1n) is 5.02. The van der Waals surface area contributed by atoms with Crippen LogP contribution in [0, 0.1) is 0 Å². The van der Waals surface area contributed by atoms with E-state index in [-0.39, 0.29) is 6.04 Å². The van der Waals surface area contributed by atoms with Gasteiger partial charge in [-0.2, -0.15) is 5.10 Å². The molecule has 0 radical (unpaired) electrons. The largest absolute Gasteiger partial charge is 0.312 e. The molecule has 0 aliphatic rings. The molecule has 1 rings (SSSR count). The molecule has 4 heteroatoms. The van der Waals surface area contributed by atoms with Crippen LogP contribution in [0.4, 0.5) is 0 Å². The maximum Gasteiger partial charge on any atom is 0.0834 e. The van der Waals surface area contributed by atoms with Crippen molar-refractivity contribution in [2.24, 2.45) is 0 Å². The molecular formula is C10H18ClN3. The van der Waals surface area contributed by atoms with Crippen LogP contribution in [0.1, 0.15) is 45.0 Å². The average Bonchev–Trinajstić information content (AvgIpc) is 2.51. The Balaban J connectivity index is 3.09. The van der Waals surface area contributed by atoms with Gasteiger partial charge in [0.2, 0.25) is 0 Å². The lowest BCUT2D eigenvalue weighted by Crippen LogP contribution is -2.21. The van der Waals surface area contributed by atoms with Crippen LogP contribution in [0.25, 0.3) is 0 Å². The van der Waals surface area contributed by atoms with E-state index in [0.29, 0.717) is 6.04 Å². The minimum Gasteiger partial charge on any atom is -0.312 e. The summed E-state index contributed by atoms with van der Waals surface area (Å²) < 4.78 is 1.98. The van der Waals surface area contributed by atoms with Gasteiger partial charge in [0.1, 0.15) is 0 Å². The van der Waals surface area contributed by atoms with Gasteiger partial charge < -0.3 is 5.32 Å². The molecule has 14 heavy (non-hydrogen) atoms. The van der Waals surface area contributed by atoms with E-state index in [1.807, 2.05) is 11.7 Å². The zero-order valence-corrected chi connectivity index (χ0v) is 9.97. The van der Waals surface area contributed by atoms with Gasteiger partial charge in [0, 0.05) is 6.04 Å². The smallest absolute Gasteiger partial charge is 0.0834 e. The molecule has 0 spiro atoms. The summed E-state index contributed by atoms with van der Waals surface area (Å²) in [5, 5.41) is 8.27. The fraction of sp³-hybridized carbons (Fsp3) is 0.700. The van der Waals surface area contributed by atoms with Gasteiger partial charge in [0.15, 0.2) is 0 Å². The van der Waals surface area contributed by atoms with Crippen molar-refractivity contribution in [1.29, 1.82) is 0 Å². The van der Waals surface area contributed by atoms with Crippen molar-refractivity contribution in [3.05, 3.63) is 16.9 Å². The Kier molecular flexibility index (Phi) is 3.96. The molecule has 0 aliphatic heterocycles. The number of rotatable bonds is 4. The summed E-state index contributed by atoms with van der Waals surface area (Å²) in [5.74, 6) is 0. The van der Waals surface area contributed by atoms with E-state index in [1.165, 1.54) is 0 Å². The Morgan fingerprint density at radius 3 is 2.64 bits per heavy atom. The summed E-state index contributed by atoms with van der Waals surface area (Å²) >= 11 is 6.12. The predicted molar refractivity (Wildman–Crippen MR) is 59.7 cm³/mol. The summed E-state index contributed by atoms with van der Waals surface area (Å²) in [6.45, 7) is 6.35. The Labute approximate surface area is 90.4 Å². The number of hydrogen-bond donors (Lipinski definition) is 1. The lowest BCUT2D eigenvalue weighted by Gasteiger charge is -2.18. The lowest BCUT2D eigenvalue weighted by atomic mass is 10.1. The van der Waals surface area contributed by atoms with E-state index in [2.05, 4.69) is 31.2 Å². The van der Waals surface area contributed by atoms with Gasteiger partial charge in [-0.1, -0.05) is 18.5 Å². The molecule has 1 aromatic rings. The zero-order chi connectivity index (χ0) is 10.7. The molecule has 1 N–H and O–H groups in total. The van der Waals surface area contributed by atoms with Crippen molar-refractivity contribution in [1.82, 2.24) is 15.1 Å². The second-order valence-corrected chi connectivity index (χ2v) is 4.07. The Morgan fingerprint density at radius 1 is 1.57 bits per heavy atom. The molecule has 0 fully saturated rings. The fourth-order valence-electron chi connectivity index (χ4n) is 1.62. The molecule has 0 saturated heterocycles. The quantitative estimate of drug-likeness (QED) is 0.837. The van der Waals surface area contributed by atoms with E-state index in [9.17, 15) is 0 Å². The molecule has 80 valence electrons. The minimum atomic E-state index is 0.285. The van der Waals surface area contributed by atoms with Crippen LogP contribution >= 0.6 is 11.6 Å². The van der Waals surface area contributed by atoms with Crippen LogP contribution in [-0.2, 0) is 0 Å². The molecule has 1 unspecified atom stereocenters. The molecule has 0 aliphatic carbocycles. The monoisotopic (exact) mass is 215 g/mol. The van der Waals surface area contributed by atoms with Gasteiger partial charge in [-0.05, 0) is 27.3 Å². The zero-order valence-electron chi connectivity index (χ0n) is 9.21. The van der Waals surface area contributed by atoms with Gasteiger partial charge >= 0.3 is 0 Å². The van der Waals surface area contributed by atoms with E-state index < -0.39 is 0 Å². The third kappa shape index (κ3) is 2.10. The summed E-state index contributed by atoms with van der Waals surface area (Å²) in [7, 11) is 1.95. The molecule has 0 amide bonds. The first-order chi connectivity index (χ1) is 6.61. The lowest BCUT2D eigenvalue weighted by molar-refractivity contribution is 0.455. The highest BCUT2D eigenvalue weighted by Gasteiger charge is 2.18. The third-order valence-corrected chi connectivity index (χ3v) is 2.65. The number of hydrogen-bond acceptors (Lipinski definition) is 2. The van der Waals surface area contributed by atoms with Crippen molar-refractivity contribution < 1.29 is 0 Å². The third-order valence-electron chi connectivity index (χ3n) is 2.36. The average molecular weight is 216 g/mol. The van der Waals surface area contributed by atoms with Crippen molar-refractivity contribution in [3.63, 3.8) is 0 Å². The Bertz CT molecular complexity index is 290. The number of halogens is 1. The SMILES string of the molecule is CCC(NC)c1c(Cl)cnn1C(C)C. The molecular weight excluding hydrogens is 198 g/mol. The highest BCUT2D eigenvalue weighted by Crippen LogP contribution is 2.26. The molecule has 0 aromatic carbocycles. The van der Waals surface area contributed by atoms with Crippen LogP contribution in [0.15, 0.2) is 6.20 Å². The van der Waals surface area contributed by atoms with Crippen LogP contribution < -0.4 is 5.32 Å². The standard InChI is InChI=1S/C10H18ClN3/c1-5-9(12-4)10-8(11)6-13-14(10)7(2)3/h6-7,9,12H,5H2,1-4H3.